The summed E-state index contributed by atoms with van der Waals surface area (Å²) < 4.78 is 35.3. The van der Waals surface area contributed by atoms with E-state index in [9.17, 15) is 13.2 Å². The summed E-state index contributed by atoms with van der Waals surface area (Å²) in [7, 11) is -3.70. The van der Waals surface area contributed by atoms with Gasteiger partial charge in [-0.15, -0.1) is 0 Å². The Labute approximate surface area is 205 Å². The minimum atomic E-state index is -3.70. The maximum absolute atomic E-state index is 13.4. The minimum Gasteiger partial charge on any atom is -0.379 e. The van der Waals surface area contributed by atoms with Gasteiger partial charge in [0.25, 0.3) is 5.91 Å². The number of aryl methyl sites for hydroxylation is 1. The number of aromatic nitrogens is 2. The molecule has 0 radical (unpaired) electrons. The summed E-state index contributed by atoms with van der Waals surface area (Å²) in [6.45, 7) is 6.02. The second-order valence-corrected chi connectivity index (χ2v) is 10.9. The fourth-order valence-corrected chi connectivity index (χ4v) is 6.32. The van der Waals surface area contributed by atoms with E-state index in [0.29, 0.717) is 45.0 Å². The van der Waals surface area contributed by atoms with E-state index in [1.165, 1.54) is 10.4 Å². The van der Waals surface area contributed by atoms with Crippen LogP contribution in [0.15, 0.2) is 47.4 Å². The third-order valence-electron chi connectivity index (χ3n) is 6.73. The third-order valence-corrected chi connectivity index (χ3v) is 8.63. The first-order valence-electron chi connectivity index (χ1n) is 12.1. The Hall–Kier alpha value is -2.95. The van der Waals surface area contributed by atoms with Crippen LogP contribution in [0.3, 0.4) is 0 Å². The van der Waals surface area contributed by atoms with Crippen molar-refractivity contribution in [3.8, 4) is 0 Å². The van der Waals surface area contributed by atoms with E-state index in [4.69, 9.17) is 4.74 Å². The molecule has 2 fully saturated rings. The number of sulfonamides is 1. The lowest BCUT2D eigenvalue weighted by Crippen LogP contribution is -2.40. The van der Waals surface area contributed by atoms with E-state index >= 15 is 0 Å². The van der Waals surface area contributed by atoms with Gasteiger partial charge in [0.1, 0.15) is 5.82 Å². The zero-order valence-electron chi connectivity index (χ0n) is 19.9. The Bertz CT molecular complexity index is 1320. The summed E-state index contributed by atoms with van der Waals surface area (Å²) in [4.78, 5) is 20.2. The second-order valence-electron chi connectivity index (χ2n) is 8.94. The smallest absolute Gasteiger partial charge is 0.253 e. The number of nitrogens with zero attached hydrogens (tertiary/aromatic N) is 4. The number of amides is 1. The molecule has 1 amide bonds. The summed E-state index contributed by atoms with van der Waals surface area (Å²) in [5.74, 6) is 0.616. The van der Waals surface area contributed by atoms with Crippen molar-refractivity contribution in [3.05, 3.63) is 53.9 Å². The molecule has 0 saturated carbocycles. The number of para-hydroxylation sites is 2. The number of morpholine rings is 1. The van der Waals surface area contributed by atoms with Gasteiger partial charge >= 0.3 is 0 Å². The highest BCUT2D eigenvalue weighted by Gasteiger charge is 2.29. The number of fused-ring (bicyclic) bond motifs is 1. The largest absolute Gasteiger partial charge is 0.379 e. The number of carbonyl (C=O) groups excluding carboxylic acids is 1. The molecule has 0 spiro atoms. The molecule has 186 valence electrons. The predicted molar refractivity (Wildman–Crippen MR) is 134 cm³/mol. The molecule has 0 aliphatic carbocycles. The fraction of sp³-hybridized carbons (Fsp3) is 0.440. The highest BCUT2D eigenvalue weighted by molar-refractivity contribution is 7.89. The van der Waals surface area contributed by atoms with Crippen LogP contribution in [0.2, 0.25) is 0 Å². The van der Waals surface area contributed by atoms with Crippen LogP contribution in [-0.2, 0) is 21.3 Å². The lowest BCUT2D eigenvalue weighted by atomic mass is 10.1. The van der Waals surface area contributed by atoms with Gasteiger partial charge in [-0.3, -0.25) is 4.79 Å². The van der Waals surface area contributed by atoms with Crippen molar-refractivity contribution in [2.45, 2.75) is 31.2 Å². The van der Waals surface area contributed by atoms with Gasteiger partial charge in [-0.2, -0.15) is 4.31 Å². The van der Waals surface area contributed by atoms with Crippen LogP contribution in [0.25, 0.3) is 11.0 Å². The molecule has 0 bridgehead atoms. The van der Waals surface area contributed by atoms with E-state index in [0.717, 1.165) is 48.5 Å². The van der Waals surface area contributed by atoms with E-state index in [-0.39, 0.29) is 10.8 Å². The Balaban J connectivity index is 1.38. The quantitative estimate of drug-likeness (QED) is 0.539. The van der Waals surface area contributed by atoms with Crippen LogP contribution in [-0.4, -0.2) is 74.1 Å². The minimum absolute atomic E-state index is 0.143. The summed E-state index contributed by atoms with van der Waals surface area (Å²) in [6, 6.07) is 12.9. The number of nitrogens with one attached hydrogen (secondary N) is 1. The topological polar surface area (TPSA) is 96.8 Å². The van der Waals surface area contributed by atoms with E-state index < -0.39 is 10.0 Å². The predicted octanol–water partition coefficient (Wildman–Crippen LogP) is 2.40. The average molecular weight is 498 g/mol. The normalized spacial score (nSPS) is 17.2. The van der Waals surface area contributed by atoms with Gasteiger partial charge in [0.05, 0.1) is 34.7 Å². The maximum atomic E-state index is 13.4. The van der Waals surface area contributed by atoms with Crippen molar-refractivity contribution in [2.75, 3.05) is 50.8 Å². The standard InChI is InChI=1S/C25H31N5O4S/c1-19-27-22-6-2-3-7-24(22)30(19)13-10-26-25(31)21-18-20(8-9-23(21)28-11-4-5-12-28)35(32,33)29-14-16-34-17-15-29/h2-3,6-9,18H,4-5,10-17H2,1H3,(H,26,31). The molecular formula is C25H31N5O4S. The number of imidazole rings is 1. The highest BCUT2D eigenvalue weighted by Crippen LogP contribution is 2.29. The highest BCUT2D eigenvalue weighted by atomic mass is 32.2. The van der Waals surface area contributed by atoms with Crippen LogP contribution in [0, 0.1) is 6.92 Å². The second kappa shape index (κ2) is 9.96. The zero-order chi connectivity index (χ0) is 24.4. The lowest BCUT2D eigenvalue weighted by Gasteiger charge is -2.27. The molecule has 2 saturated heterocycles. The van der Waals surface area contributed by atoms with Gasteiger partial charge in [-0.1, -0.05) is 12.1 Å². The monoisotopic (exact) mass is 497 g/mol. The average Bonchev–Trinajstić information content (AvgIpc) is 3.52. The Morgan fingerprint density at radius 3 is 2.57 bits per heavy atom. The molecule has 0 unspecified atom stereocenters. The third kappa shape index (κ3) is 4.78. The Morgan fingerprint density at radius 2 is 1.80 bits per heavy atom. The molecule has 9 nitrogen and oxygen atoms in total. The van der Waals surface area contributed by atoms with Gasteiger partial charge in [0.2, 0.25) is 10.0 Å². The summed E-state index contributed by atoms with van der Waals surface area (Å²) in [5, 5.41) is 3.01. The Kier molecular flexibility index (Phi) is 6.77. The molecule has 5 rings (SSSR count). The first-order valence-corrected chi connectivity index (χ1v) is 13.6. The first kappa shape index (κ1) is 23.8. The molecule has 2 aliphatic heterocycles. The molecule has 1 N–H and O–H groups in total. The summed E-state index contributed by atoms with van der Waals surface area (Å²) >= 11 is 0. The molecule has 0 atom stereocenters. The van der Waals surface area contributed by atoms with E-state index in [1.807, 2.05) is 31.2 Å². The molecule has 35 heavy (non-hydrogen) atoms. The number of hydrogen-bond donors (Lipinski definition) is 1. The van der Waals surface area contributed by atoms with Crippen molar-refractivity contribution >= 4 is 32.7 Å². The molecule has 10 heteroatoms. The summed E-state index contributed by atoms with van der Waals surface area (Å²) in [5.41, 5.74) is 3.13. The number of carbonyl (C=O) groups is 1. The number of hydrogen-bond acceptors (Lipinski definition) is 6. The maximum Gasteiger partial charge on any atom is 0.253 e. The molecule has 3 aromatic rings. The van der Waals surface area contributed by atoms with Gasteiger partial charge in [0.15, 0.2) is 0 Å². The van der Waals surface area contributed by atoms with Crippen molar-refractivity contribution in [3.63, 3.8) is 0 Å². The van der Waals surface area contributed by atoms with Gasteiger partial charge in [0, 0.05) is 45.0 Å². The van der Waals surface area contributed by atoms with Crippen molar-refractivity contribution in [1.29, 1.82) is 0 Å². The Morgan fingerprint density at radius 1 is 1.06 bits per heavy atom. The van der Waals surface area contributed by atoms with Crippen LogP contribution < -0.4 is 10.2 Å². The summed E-state index contributed by atoms with van der Waals surface area (Å²) in [6.07, 6.45) is 2.11. The van der Waals surface area contributed by atoms with Crippen molar-refractivity contribution in [2.24, 2.45) is 0 Å². The molecule has 2 aliphatic rings. The van der Waals surface area contributed by atoms with Crippen molar-refractivity contribution < 1.29 is 17.9 Å². The molecule has 2 aromatic carbocycles. The molecule has 3 heterocycles. The molecule has 1 aromatic heterocycles. The van der Waals surface area contributed by atoms with Crippen molar-refractivity contribution in [1.82, 2.24) is 19.2 Å². The van der Waals surface area contributed by atoms with Crippen LogP contribution in [0.5, 0.6) is 0 Å². The number of ether oxygens (including phenoxy) is 1. The number of rotatable bonds is 7. The van der Waals surface area contributed by atoms with Crippen LogP contribution in [0.4, 0.5) is 5.69 Å². The molecular weight excluding hydrogens is 466 g/mol. The van der Waals surface area contributed by atoms with Gasteiger partial charge in [-0.05, 0) is 50.1 Å². The first-order chi connectivity index (χ1) is 16.9. The van der Waals surface area contributed by atoms with E-state index in [1.54, 1.807) is 12.1 Å². The number of anilines is 1. The zero-order valence-corrected chi connectivity index (χ0v) is 20.8. The fourth-order valence-electron chi connectivity index (χ4n) is 4.88. The lowest BCUT2D eigenvalue weighted by molar-refractivity contribution is 0.0730. The van der Waals surface area contributed by atoms with Crippen LogP contribution in [0.1, 0.15) is 29.0 Å². The van der Waals surface area contributed by atoms with Gasteiger partial charge in [-0.25, -0.2) is 13.4 Å². The van der Waals surface area contributed by atoms with Gasteiger partial charge < -0.3 is 19.5 Å². The number of benzene rings is 2. The van der Waals surface area contributed by atoms with Crippen LogP contribution >= 0.6 is 0 Å². The van der Waals surface area contributed by atoms with E-state index in [2.05, 4.69) is 19.8 Å². The SMILES string of the molecule is Cc1nc2ccccc2n1CCNC(=O)c1cc(S(=O)(=O)N2CCOCC2)ccc1N1CCCC1.